The van der Waals surface area contributed by atoms with Gasteiger partial charge in [0.2, 0.25) is 0 Å². The van der Waals surface area contributed by atoms with Crippen molar-refractivity contribution in [1.29, 1.82) is 0 Å². The van der Waals surface area contributed by atoms with Crippen molar-refractivity contribution >= 4 is 16.9 Å². The normalized spacial score (nSPS) is 11.5. The highest BCUT2D eigenvalue weighted by Gasteiger charge is 2.12. The molecule has 0 aliphatic carbocycles. The molecule has 0 fully saturated rings. The molecule has 0 aromatic rings. The van der Waals surface area contributed by atoms with Gasteiger partial charge in [0, 0.05) is 11.7 Å². The van der Waals surface area contributed by atoms with E-state index in [1.54, 1.807) is 13.8 Å². The maximum Gasteiger partial charge on any atom is 0.186 e. The summed E-state index contributed by atoms with van der Waals surface area (Å²) in [6.45, 7) is 10.6. The second kappa shape index (κ2) is 2.53. The Labute approximate surface area is 54.8 Å². The molecule has 0 aromatic carbocycles. The zero-order valence-electron chi connectivity index (χ0n) is 5.39. The zero-order chi connectivity index (χ0) is 6.78. The van der Waals surface area contributed by atoms with E-state index in [9.17, 15) is 4.79 Å². The first-order valence-electron chi connectivity index (χ1n) is 2.40. The van der Waals surface area contributed by atoms with E-state index >= 15 is 0 Å². The highest BCUT2D eigenvalue weighted by atomic mass is 32.2. The molecule has 1 nitrogen and oxygen atoms in total. The Balaban J connectivity index is 3.55. The molecule has 0 unspecified atom stereocenters. The predicted octanol–water partition coefficient (Wildman–Crippen LogP) is 1.76. The summed E-state index contributed by atoms with van der Waals surface area (Å²) in [5, 5.41) is 0.0671. The number of thioether (sulfide) groups is 1. The maximum atomic E-state index is 10.3. The quantitative estimate of drug-likeness (QED) is 0.538. The second-order valence-corrected chi connectivity index (χ2v) is 4.03. The predicted molar refractivity (Wildman–Crippen MR) is 36.7 cm³/mol. The fraction of sp³-hybridized carbons (Fsp3) is 0.667. The van der Waals surface area contributed by atoms with Gasteiger partial charge in [-0.05, 0) is 20.8 Å². The molecule has 0 saturated heterocycles. The molecular formula is C6H10OS. The third-order valence-electron chi connectivity index (χ3n) is 0.407. The van der Waals surface area contributed by atoms with E-state index in [1.807, 2.05) is 0 Å². The number of hydrogen-bond acceptors (Lipinski definition) is 2. The number of rotatable bonds is 1. The Hall–Kier alpha value is 0.0200. The van der Waals surface area contributed by atoms with Crippen LogP contribution < -0.4 is 0 Å². The van der Waals surface area contributed by atoms with Gasteiger partial charge in [-0.25, -0.2) is 0 Å². The monoisotopic (exact) mass is 130 g/mol. The van der Waals surface area contributed by atoms with Crippen LogP contribution in [-0.4, -0.2) is 9.86 Å². The Bertz CT molecular complexity index is 91.2. The minimum Gasteiger partial charge on any atom is -0.288 e. The fourth-order valence-electron chi connectivity index (χ4n) is 0.370. The molecule has 0 bridgehead atoms. The summed E-state index contributed by atoms with van der Waals surface area (Å²) in [4.78, 5) is 10.3. The van der Waals surface area contributed by atoms with E-state index in [4.69, 9.17) is 6.92 Å². The van der Waals surface area contributed by atoms with Crippen LogP contribution in [0.5, 0.6) is 0 Å². The first-order chi connectivity index (χ1) is 3.42. The molecule has 0 spiro atoms. The maximum absolute atomic E-state index is 10.3. The summed E-state index contributed by atoms with van der Waals surface area (Å²) in [5.74, 6) is 0. The van der Waals surface area contributed by atoms with Crippen LogP contribution in [0, 0.1) is 6.92 Å². The molecule has 0 N–H and O–H groups in total. The molecule has 0 rings (SSSR count). The molecular weight excluding hydrogens is 120 g/mol. The van der Waals surface area contributed by atoms with E-state index in [2.05, 4.69) is 0 Å². The molecule has 0 heterocycles. The summed E-state index contributed by atoms with van der Waals surface area (Å²) >= 11 is 1.15. The largest absolute Gasteiger partial charge is 0.288 e. The summed E-state index contributed by atoms with van der Waals surface area (Å²) in [6.07, 6.45) is 0. The second-order valence-electron chi connectivity index (χ2n) is 2.20. The molecule has 0 aliphatic heterocycles. The average molecular weight is 130 g/mol. The minimum atomic E-state index is -0.411. The van der Waals surface area contributed by atoms with Crippen molar-refractivity contribution in [1.82, 2.24) is 0 Å². The van der Waals surface area contributed by atoms with Gasteiger partial charge in [-0.1, -0.05) is 11.8 Å². The summed E-state index contributed by atoms with van der Waals surface area (Å²) in [5.41, 5.74) is 0. The van der Waals surface area contributed by atoms with Crippen molar-refractivity contribution in [3.05, 3.63) is 6.92 Å². The van der Waals surface area contributed by atoms with Crippen LogP contribution in [-0.2, 0) is 4.79 Å². The van der Waals surface area contributed by atoms with Gasteiger partial charge < -0.3 is 0 Å². The SMILES string of the molecule is [CH]C(C)(C)SC(C)=O. The molecule has 2 heteroatoms. The van der Waals surface area contributed by atoms with Crippen molar-refractivity contribution in [2.24, 2.45) is 0 Å². The topological polar surface area (TPSA) is 17.1 Å². The van der Waals surface area contributed by atoms with Crippen molar-refractivity contribution in [2.75, 3.05) is 0 Å². The van der Waals surface area contributed by atoms with Crippen LogP contribution in [0.25, 0.3) is 0 Å². The van der Waals surface area contributed by atoms with Crippen molar-refractivity contribution in [3.63, 3.8) is 0 Å². The number of carbonyl (C=O) groups excluding carboxylic acids is 1. The van der Waals surface area contributed by atoms with Crippen molar-refractivity contribution in [3.8, 4) is 0 Å². The molecule has 0 amide bonds. The van der Waals surface area contributed by atoms with Gasteiger partial charge >= 0.3 is 0 Å². The molecule has 0 aromatic heterocycles. The molecule has 0 aliphatic rings. The minimum absolute atomic E-state index is 0.0671. The Morgan fingerprint density at radius 2 is 2.00 bits per heavy atom. The van der Waals surface area contributed by atoms with Gasteiger partial charge in [-0.3, -0.25) is 4.79 Å². The zero-order valence-corrected chi connectivity index (χ0v) is 6.21. The highest BCUT2D eigenvalue weighted by molar-refractivity contribution is 8.14. The first-order valence-corrected chi connectivity index (χ1v) is 3.22. The Morgan fingerprint density at radius 3 is 2.00 bits per heavy atom. The lowest BCUT2D eigenvalue weighted by Crippen LogP contribution is -2.10. The molecule has 2 radical (unpaired) electrons. The van der Waals surface area contributed by atoms with Crippen LogP contribution in [0.15, 0.2) is 0 Å². The molecule has 8 heavy (non-hydrogen) atoms. The molecule has 0 saturated carbocycles. The smallest absolute Gasteiger partial charge is 0.186 e. The van der Waals surface area contributed by atoms with E-state index < -0.39 is 4.75 Å². The highest BCUT2D eigenvalue weighted by Crippen LogP contribution is 2.22. The number of carbonyl (C=O) groups is 1. The van der Waals surface area contributed by atoms with E-state index in [0.29, 0.717) is 0 Å². The van der Waals surface area contributed by atoms with E-state index in [0.717, 1.165) is 11.8 Å². The van der Waals surface area contributed by atoms with Gasteiger partial charge in [-0.15, -0.1) is 0 Å². The lowest BCUT2D eigenvalue weighted by Gasteiger charge is -2.12. The fourth-order valence-corrected chi connectivity index (χ4v) is 1.11. The summed E-state index contributed by atoms with van der Waals surface area (Å²) in [6, 6.07) is 0. The van der Waals surface area contributed by atoms with Gasteiger partial charge in [0.15, 0.2) is 5.12 Å². The van der Waals surface area contributed by atoms with Gasteiger partial charge in [0.25, 0.3) is 0 Å². The van der Waals surface area contributed by atoms with Crippen LogP contribution in [0.1, 0.15) is 20.8 Å². The summed E-state index contributed by atoms with van der Waals surface area (Å²) in [7, 11) is 0. The van der Waals surface area contributed by atoms with Crippen LogP contribution in [0.2, 0.25) is 0 Å². The molecule has 46 valence electrons. The third-order valence-corrected chi connectivity index (χ3v) is 1.22. The lowest BCUT2D eigenvalue weighted by atomic mass is 10.3. The standard InChI is InChI=1S/C6H10OS/c1-5(7)8-6(2,3)4/h2H,1,3-4H3. The summed E-state index contributed by atoms with van der Waals surface area (Å²) < 4.78 is -0.411. The Kier molecular flexibility index (Phi) is 2.54. The van der Waals surface area contributed by atoms with Crippen molar-refractivity contribution in [2.45, 2.75) is 25.5 Å². The Morgan fingerprint density at radius 1 is 1.62 bits per heavy atom. The molecule has 0 atom stereocenters. The lowest BCUT2D eigenvalue weighted by molar-refractivity contribution is -0.109. The third kappa shape index (κ3) is 6.02. The van der Waals surface area contributed by atoms with E-state index in [-0.39, 0.29) is 5.12 Å². The van der Waals surface area contributed by atoms with Crippen molar-refractivity contribution < 1.29 is 4.79 Å². The van der Waals surface area contributed by atoms with Crippen LogP contribution >= 0.6 is 11.8 Å². The van der Waals surface area contributed by atoms with Crippen LogP contribution in [0.4, 0.5) is 0 Å². The average Bonchev–Trinajstić information content (AvgIpc) is 1.21. The van der Waals surface area contributed by atoms with E-state index in [1.165, 1.54) is 6.92 Å². The van der Waals surface area contributed by atoms with Gasteiger partial charge in [0.05, 0.1) is 0 Å². The van der Waals surface area contributed by atoms with Gasteiger partial charge in [0.1, 0.15) is 0 Å². The number of hydrogen-bond donors (Lipinski definition) is 0. The van der Waals surface area contributed by atoms with Gasteiger partial charge in [-0.2, -0.15) is 0 Å². The van der Waals surface area contributed by atoms with Crippen LogP contribution in [0.3, 0.4) is 0 Å². The first kappa shape index (κ1) is 8.02.